The van der Waals surface area contributed by atoms with Crippen LogP contribution in [0.3, 0.4) is 0 Å². The lowest BCUT2D eigenvalue weighted by Crippen LogP contribution is -2.21. The Kier molecular flexibility index (Phi) is 6.06. The normalized spacial score (nSPS) is 10.4. The summed E-state index contributed by atoms with van der Waals surface area (Å²) in [6, 6.07) is 21.9. The highest BCUT2D eigenvalue weighted by Gasteiger charge is 2.11. The van der Waals surface area contributed by atoms with Crippen molar-refractivity contribution in [2.24, 2.45) is 0 Å². The Morgan fingerprint density at radius 2 is 1.73 bits per heavy atom. The van der Waals surface area contributed by atoms with Crippen LogP contribution in [0.5, 0.6) is 11.5 Å². The highest BCUT2D eigenvalue weighted by molar-refractivity contribution is 5.47. The molecule has 0 radical (unpaired) electrons. The van der Waals surface area contributed by atoms with Crippen molar-refractivity contribution in [3.63, 3.8) is 0 Å². The molecule has 0 aliphatic carbocycles. The predicted octanol–water partition coefficient (Wildman–Crippen LogP) is 4.53. The Balaban J connectivity index is 1.69. The van der Waals surface area contributed by atoms with E-state index in [1.54, 1.807) is 13.2 Å². The Labute approximate surface area is 152 Å². The Bertz CT molecular complexity index is 840. The number of halogens is 1. The zero-order valence-electron chi connectivity index (χ0n) is 14.5. The first-order chi connectivity index (χ1) is 12.8. The molecule has 0 fully saturated rings. The van der Waals surface area contributed by atoms with Crippen molar-refractivity contribution in [3.8, 4) is 11.5 Å². The lowest BCUT2D eigenvalue weighted by molar-refractivity contribution is 0.280. The number of hydrazine groups is 1. The predicted molar refractivity (Wildman–Crippen MR) is 101 cm³/mol. The van der Waals surface area contributed by atoms with Crippen molar-refractivity contribution in [2.75, 3.05) is 12.5 Å². The topological polar surface area (TPSA) is 42.5 Å². The first-order valence-corrected chi connectivity index (χ1v) is 8.33. The van der Waals surface area contributed by atoms with Crippen LogP contribution in [-0.4, -0.2) is 7.11 Å². The zero-order chi connectivity index (χ0) is 18.2. The molecule has 0 heterocycles. The minimum absolute atomic E-state index is 0.261. The van der Waals surface area contributed by atoms with Crippen molar-refractivity contribution >= 4 is 5.69 Å². The summed E-state index contributed by atoms with van der Waals surface area (Å²) < 4.78 is 24.7. The van der Waals surface area contributed by atoms with E-state index in [9.17, 15) is 4.39 Å². The van der Waals surface area contributed by atoms with Gasteiger partial charge in [0.05, 0.1) is 7.11 Å². The number of ether oxygens (including phenoxy) is 2. The van der Waals surface area contributed by atoms with E-state index in [0.29, 0.717) is 18.0 Å². The molecule has 3 aromatic carbocycles. The van der Waals surface area contributed by atoms with Gasteiger partial charge >= 0.3 is 0 Å². The number of rotatable bonds is 8. The molecular formula is C21H21FN2O2. The fourth-order valence-electron chi connectivity index (χ4n) is 2.57. The molecule has 2 N–H and O–H groups in total. The van der Waals surface area contributed by atoms with E-state index < -0.39 is 0 Å². The van der Waals surface area contributed by atoms with Gasteiger partial charge in [0.1, 0.15) is 12.4 Å². The number of methoxy groups -OCH3 is 1. The maximum absolute atomic E-state index is 13.3. The van der Waals surface area contributed by atoms with Crippen LogP contribution < -0.4 is 20.3 Å². The van der Waals surface area contributed by atoms with Crippen LogP contribution >= 0.6 is 0 Å². The summed E-state index contributed by atoms with van der Waals surface area (Å²) in [6.07, 6.45) is 0. The molecule has 3 aromatic rings. The summed E-state index contributed by atoms with van der Waals surface area (Å²) in [5.74, 6) is 1.00. The monoisotopic (exact) mass is 352 g/mol. The SMILES string of the molecule is COc1cccc(CNNc2ccccc2)c1OCc1cccc(F)c1. The highest BCUT2D eigenvalue weighted by atomic mass is 19.1. The molecule has 0 aliphatic heterocycles. The molecule has 0 bridgehead atoms. The number of nitrogens with one attached hydrogen (secondary N) is 2. The van der Waals surface area contributed by atoms with Gasteiger partial charge in [-0.1, -0.05) is 42.5 Å². The van der Waals surface area contributed by atoms with Gasteiger partial charge in [0.15, 0.2) is 11.5 Å². The van der Waals surface area contributed by atoms with Crippen molar-refractivity contribution in [3.05, 3.63) is 89.7 Å². The van der Waals surface area contributed by atoms with Gasteiger partial charge in [-0.15, -0.1) is 0 Å². The van der Waals surface area contributed by atoms with E-state index in [4.69, 9.17) is 9.47 Å². The van der Waals surface area contributed by atoms with Crippen LogP contribution in [0.4, 0.5) is 10.1 Å². The van der Waals surface area contributed by atoms with Gasteiger partial charge in [-0.2, -0.15) is 0 Å². The van der Waals surface area contributed by atoms with E-state index in [-0.39, 0.29) is 12.4 Å². The number of para-hydroxylation sites is 2. The fourth-order valence-corrected chi connectivity index (χ4v) is 2.57. The second-order valence-corrected chi connectivity index (χ2v) is 5.71. The Hall–Kier alpha value is -3.05. The average molecular weight is 352 g/mol. The molecule has 3 rings (SSSR count). The molecule has 0 unspecified atom stereocenters. The van der Waals surface area contributed by atoms with Gasteiger partial charge < -0.3 is 14.9 Å². The van der Waals surface area contributed by atoms with Gasteiger partial charge in [-0.3, -0.25) is 0 Å². The molecule has 0 amide bonds. The summed E-state index contributed by atoms with van der Waals surface area (Å²) in [4.78, 5) is 0. The third kappa shape index (κ3) is 4.74. The number of hydrogen-bond acceptors (Lipinski definition) is 4. The average Bonchev–Trinajstić information content (AvgIpc) is 2.67. The van der Waals surface area contributed by atoms with Gasteiger partial charge in [0.2, 0.25) is 0 Å². The van der Waals surface area contributed by atoms with Crippen LogP contribution in [-0.2, 0) is 13.2 Å². The van der Waals surface area contributed by atoms with Crippen LogP contribution in [0.2, 0.25) is 0 Å². The van der Waals surface area contributed by atoms with Crippen LogP contribution in [0, 0.1) is 5.82 Å². The van der Waals surface area contributed by atoms with Crippen LogP contribution in [0.25, 0.3) is 0 Å². The molecule has 0 aromatic heterocycles. The molecule has 0 saturated carbocycles. The second kappa shape index (κ2) is 8.87. The fraction of sp³-hybridized carbons (Fsp3) is 0.143. The molecular weight excluding hydrogens is 331 g/mol. The van der Waals surface area contributed by atoms with Gasteiger partial charge in [-0.25, -0.2) is 9.82 Å². The van der Waals surface area contributed by atoms with E-state index >= 15 is 0 Å². The molecule has 5 heteroatoms. The third-order valence-corrected chi connectivity index (χ3v) is 3.84. The lowest BCUT2D eigenvalue weighted by Gasteiger charge is -2.16. The molecule has 0 saturated heterocycles. The third-order valence-electron chi connectivity index (χ3n) is 3.84. The molecule has 0 aliphatic rings. The lowest BCUT2D eigenvalue weighted by atomic mass is 10.2. The quantitative estimate of drug-likeness (QED) is 0.585. The summed E-state index contributed by atoms with van der Waals surface area (Å²) in [5.41, 5.74) is 8.98. The summed E-state index contributed by atoms with van der Waals surface area (Å²) in [6.45, 7) is 0.793. The van der Waals surface area contributed by atoms with Crippen molar-refractivity contribution in [1.82, 2.24) is 5.43 Å². The second-order valence-electron chi connectivity index (χ2n) is 5.71. The minimum atomic E-state index is -0.278. The molecule has 0 spiro atoms. The maximum atomic E-state index is 13.3. The zero-order valence-corrected chi connectivity index (χ0v) is 14.5. The molecule has 4 nitrogen and oxygen atoms in total. The Morgan fingerprint density at radius 3 is 2.50 bits per heavy atom. The number of anilines is 1. The highest BCUT2D eigenvalue weighted by Crippen LogP contribution is 2.31. The summed E-state index contributed by atoms with van der Waals surface area (Å²) in [5, 5.41) is 0. The van der Waals surface area contributed by atoms with Crippen molar-refractivity contribution in [2.45, 2.75) is 13.2 Å². The maximum Gasteiger partial charge on any atom is 0.166 e. The van der Waals surface area contributed by atoms with Crippen molar-refractivity contribution < 1.29 is 13.9 Å². The van der Waals surface area contributed by atoms with Gasteiger partial charge in [0, 0.05) is 17.8 Å². The van der Waals surface area contributed by atoms with E-state index in [0.717, 1.165) is 16.8 Å². The van der Waals surface area contributed by atoms with Crippen LogP contribution in [0.15, 0.2) is 72.8 Å². The molecule has 26 heavy (non-hydrogen) atoms. The largest absolute Gasteiger partial charge is 0.493 e. The number of hydrogen-bond donors (Lipinski definition) is 2. The van der Waals surface area contributed by atoms with Crippen LogP contribution in [0.1, 0.15) is 11.1 Å². The van der Waals surface area contributed by atoms with E-state index in [1.165, 1.54) is 12.1 Å². The number of benzene rings is 3. The molecule has 0 atom stereocenters. The van der Waals surface area contributed by atoms with E-state index in [1.807, 2.05) is 54.6 Å². The minimum Gasteiger partial charge on any atom is -0.493 e. The standard InChI is InChI=1S/C21H21FN2O2/c1-25-20-12-6-8-17(14-23-24-19-10-3-2-4-11-19)21(20)26-15-16-7-5-9-18(22)13-16/h2-13,23-24H,14-15H2,1H3. The van der Waals surface area contributed by atoms with Gasteiger partial charge in [0.25, 0.3) is 0 Å². The van der Waals surface area contributed by atoms with Gasteiger partial charge in [-0.05, 0) is 35.9 Å². The van der Waals surface area contributed by atoms with Crippen molar-refractivity contribution in [1.29, 1.82) is 0 Å². The summed E-state index contributed by atoms with van der Waals surface area (Å²) in [7, 11) is 1.60. The smallest absolute Gasteiger partial charge is 0.166 e. The first-order valence-electron chi connectivity index (χ1n) is 8.33. The van der Waals surface area contributed by atoms with E-state index in [2.05, 4.69) is 10.9 Å². The first kappa shape index (κ1) is 17.8. The summed E-state index contributed by atoms with van der Waals surface area (Å²) >= 11 is 0. The molecule has 134 valence electrons. The Morgan fingerprint density at radius 1 is 0.923 bits per heavy atom.